The first-order valence-corrected chi connectivity index (χ1v) is 9.25. The molecule has 0 aliphatic carbocycles. The number of amides is 1. The largest absolute Gasteiger partial charge is 0.314 e. The molecular formula is C19H25N5O. The molecule has 1 saturated heterocycles. The average Bonchev–Trinajstić information content (AvgIpc) is 3.05. The van der Waals surface area contributed by atoms with Crippen molar-refractivity contribution >= 4 is 11.6 Å². The summed E-state index contributed by atoms with van der Waals surface area (Å²) in [6, 6.07) is 8.03. The van der Waals surface area contributed by atoms with E-state index in [-0.39, 0.29) is 11.9 Å². The maximum Gasteiger partial charge on any atom is 0.244 e. The number of rotatable bonds is 4. The molecule has 2 aliphatic rings. The number of anilines is 1. The molecule has 1 aromatic heterocycles. The molecule has 0 unspecified atom stereocenters. The highest BCUT2D eigenvalue weighted by Gasteiger charge is 2.29. The van der Waals surface area contributed by atoms with Gasteiger partial charge in [-0.3, -0.25) is 10.1 Å². The van der Waals surface area contributed by atoms with Crippen LogP contribution in [-0.2, 0) is 24.3 Å². The maximum atomic E-state index is 12.9. The molecule has 1 aromatic carbocycles. The molecular weight excluding hydrogens is 314 g/mol. The Labute approximate surface area is 148 Å². The van der Waals surface area contributed by atoms with Crippen LogP contribution in [0.15, 0.2) is 24.3 Å². The Morgan fingerprint density at radius 1 is 1.12 bits per heavy atom. The summed E-state index contributed by atoms with van der Waals surface area (Å²) in [5.41, 5.74) is 2.20. The van der Waals surface area contributed by atoms with E-state index in [9.17, 15) is 4.79 Å². The second-order valence-corrected chi connectivity index (χ2v) is 7.04. The molecule has 132 valence electrons. The number of nitrogens with one attached hydrogen (secondary N) is 1. The SMILES string of the molecule is Cc1ccc(N2CCC[C@H](NCc3nnc4n3CCCC4)C2=O)cc1. The molecule has 2 aliphatic heterocycles. The minimum Gasteiger partial charge on any atom is -0.314 e. The van der Waals surface area contributed by atoms with E-state index in [1.54, 1.807) is 0 Å². The van der Waals surface area contributed by atoms with E-state index in [0.717, 1.165) is 49.7 Å². The van der Waals surface area contributed by atoms with Crippen molar-refractivity contribution in [2.75, 3.05) is 11.4 Å². The van der Waals surface area contributed by atoms with Gasteiger partial charge in [0, 0.05) is 25.2 Å². The zero-order valence-corrected chi connectivity index (χ0v) is 14.7. The molecule has 1 N–H and O–H groups in total. The van der Waals surface area contributed by atoms with Gasteiger partial charge in [0.2, 0.25) is 5.91 Å². The highest BCUT2D eigenvalue weighted by atomic mass is 16.2. The number of hydrogen-bond donors (Lipinski definition) is 1. The maximum absolute atomic E-state index is 12.9. The molecule has 0 saturated carbocycles. The fraction of sp³-hybridized carbons (Fsp3) is 0.526. The van der Waals surface area contributed by atoms with Crippen LogP contribution in [-0.4, -0.2) is 33.3 Å². The van der Waals surface area contributed by atoms with Crippen molar-refractivity contribution < 1.29 is 4.79 Å². The molecule has 0 spiro atoms. The number of carbonyl (C=O) groups excluding carboxylic acids is 1. The Morgan fingerprint density at radius 3 is 2.80 bits per heavy atom. The molecule has 2 aromatic rings. The van der Waals surface area contributed by atoms with Gasteiger partial charge in [-0.05, 0) is 44.7 Å². The van der Waals surface area contributed by atoms with Crippen LogP contribution in [0.1, 0.15) is 42.9 Å². The monoisotopic (exact) mass is 339 g/mol. The highest BCUT2D eigenvalue weighted by Crippen LogP contribution is 2.22. The van der Waals surface area contributed by atoms with Crippen molar-refractivity contribution in [2.45, 2.75) is 58.2 Å². The summed E-state index contributed by atoms with van der Waals surface area (Å²) in [6.07, 6.45) is 5.27. The van der Waals surface area contributed by atoms with Crippen LogP contribution in [0.25, 0.3) is 0 Å². The summed E-state index contributed by atoms with van der Waals surface area (Å²) in [5.74, 6) is 2.20. The summed E-state index contributed by atoms with van der Waals surface area (Å²) in [4.78, 5) is 14.8. The van der Waals surface area contributed by atoms with E-state index in [1.165, 1.54) is 18.4 Å². The number of nitrogens with zero attached hydrogens (tertiary/aromatic N) is 4. The average molecular weight is 339 g/mol. The molecule has 1 fully saturated rings. The van der Waals surface area contributed by atoms with Crippen LogP contribution in [0.4, 0.5) is 5.69 Å². The van der Waals surface area contributed by atoms with Gasteiger partial charge in [0.05, 0.1) is 12.6 Å². The number of fused-ring (bicyclic) bond motifs is 1. The van der Waals surface area contributed by atoms with Crippen molar-refractivity contribution in [3.05, 3.63) is 41.5 Å². The first kappa shape index (κ1) is 16.3. The van der Waals surface area contributed by atoms with Crippen molar-refractivity contribution in [1.82, 2.24) is 20.1 Å². The minimum absolute atomic E-state index is 0.147. The summed E-state index contributed by atoms with van der Waals surface area (Å²) >= 11 is 0. The lowest BCUT2D eigenvalue weighted by molar-refractivity contribution is -0.121. The van der Waals surface area contributed by atoms with E-state index in [2.05, 4.69) is 39.1 Å². The lowest BCUT2D eigenvalue weighted by Crippen LogP contribution is -2.50. The van der Waals surface area contributed by atoms with E-state index in [0.29, 0.717) is 6.54 Å². The summed E-state index contributed by atoms with van der Waals surface area (Å²) < 4.78 is 2.21. The first-order chi connectivity index (χ1) is 12.2. The van der Waals surface area contributed by atoms with Gasteiger partial charge >= 0.3 is 0 Å². The Morgan fingerprint density at radius 2 is 1.96 bits per heavy atom. The Balaban J connectivity index is 1.43. The third-order valence-electron chi connectivity index (χ3n) is 5.23. The van der Waals surface area contributed by atoms with Crippen LogP contribution >= 0.6 is 0 Å². The number of aryl methyl sites for hydroxylation is 2. The van der Waals surface area contributed by atoms with Gasteiger partial charge in [0.25, 0.3) is 0 Å². The van der Waals surface area contributed by atoms with E-state index >= 15 is 0 Å². The molecule has 1 amide bonds. The van der Waals surface area contributed by atoms with Crippen molar-refractivity contribution in [2.24, 2.45) is 0 Å². The van der Waals surface area contributed by atoms with Crippen LogP contribution in [0.2, 0.25) is 0 Å². The highest BCUT2D eigenvalue weighted by molar-refractivity contribution is 5.97. The van der Waals surface area contributed by atoms with Gasteiger partial charge in [-0.15, -0.1) is 10.2 Å². The normalized spacial score (nSPS) is 20.6. The summed E-state index contributed by atoms with van der Waals surface area (Å²) in [7, 11) is 0. The smallest absolute Gasteiger partial charge is 0.244 e. The predicted octanol–water partition coefficient (Wildman–Crippen LogP) is 2.21. The van der Waals surface area contributed by atoms with E-state index < -0.39 is 0 Å². The molecule has 6 nitrogen and oxygen atoms in total. The number of hydrogen-bond acceptors (Lipinski definition) is 4. The van der Waals surface area contributed by atoms with Gasteiger partial charge in [-0.2, -0.15) is 0 Å². The molecule has 4 rings (SSSR count). The molecule has 1 atom stereocenters. The van der Waals surface area contributed by atoms with Crippen molar-refractivity contribution in [3.8, 4) is 0 Å². The standard InChI is InChI=1S/C19H25N5O/c1-14-7-9-15(10-8-14)23-12-4-5-16(19(23)25)20-13-18-22-21-17-6-2-3-11-24(17)18/h7-10,16,20H,2-6,11-13H2,1H3/t16-/m0/s1. The molecule has 0 radical (unpaired) electrons. The second kappa shape index (κ2) is 6.96. The van der Waals surface area contributed by atoms with Crippen molar-refractivity contribution in [1.29, 1.82) is 0 Å². The van der Waals surface area contributed by atoms with Crippen LogP contribution in [0.5, 0.6) is 0 Å². The zero-order chi connectivity index (χ0) is 17.2. The van der Waals surface area contributed by atoms with Gasteiger partial charge < -0.3 is 9.47 Å². The molecule has 3 heterocycles. The third kappa shape index (κ3) is 3.31. The van der Waals surface area contributed by atoms with E-state index in [1.807, 2.05) is 17.0 Å². The van der Waals surface area contributed by atoms with Crippen LogP contribution in [0.3, 0.4) is 0 Å². The van der Waals surface area contributed by atoms with Crippen LogP contribution < -0.4 is 10.2 Å². The fourth-order valence-corrected chi connectivity index (χ4v) is 3.76. The summed E-state index contributed by atoms with van der Waals surface area (Å²) in [5, 5.41) is 12.0. The first-order valence-electron chi connectivity index (χ1n) is 9.25. The number of carbonyl (C=O) groups is 1. The summed E-state index contributed by atoms with van der Waals surface area (Å²) in [6.45, 7) is 4.45. The van der Waals surface area contributed by atoms with Crippen molar-refractivity contribution in [3.63, 3.8) is 0 Å². The zero-order valence-electron chi connectivity index (χ0n) is 14.7. The number of aromatic nitrogens is 3. The van der Waals surface area contributed by atoms with E-state index in [4.69, 9.17) is 0 Å². The molecule has 25 heavy (non-hydrogen) atoms. The van der Waals surface area contributed by atoms with Gasteiger partial charge in [0.1, 0.15) is 11.6 Å². The fourth-order valence-electron chi connectivity index (χ4n) is 3.76. The third-order valence-corrected chi connectivity index (χ3v) is 5.23. The molecule has 6 heteroatoms. The quantitative estimate of drug-likeness (QED) is 0.928. The van der Waals surface area contributed by atoms with Gasteiger partial charge in [-0.25, -0.2) is 0 Å². The topological polar surface area (TPSA) is 63.0 Å². The Kier molecular flexibility index (Phi) is 4.53. The lowest BCUT2D eigenvalue weighted by Gasteiger charge is -2.33. The van der Waals surface area contributed by atoms with Gasteiger partial charge in [0.15, 0.2) is 0 Å². The van der Waals surface area contributed by atoms with Crippen LogP contribution in [0, 0.1) is 6.92 Å². The lowest BCUT2D eigenvalue weighted by atomic mass is 10.0. The Hall–Kier alpha value is -2.21. The minimum atomic E-state index is -0.147. The number of piperidine rings is 1. The second-order valence-electron chi connectivity index (χ2n) is 7.04. The van der Waals surface area contributed by atoms with Gasteiger partial charge in [-0.1, -0.05) is 17.7 Å². The number of benzene rings is 1. The molecule has 0 bridgehead atoms. The Bertz CT molecular complexity index is 752. The predicted molar refractivity (Wildman–Crippen MR) is 96.4 cm³/mol.